The predicted molar refractivity (Wildman–Crippen MR) is 101 cm³/mol. The molecule has 0 bridgehead atoms. The number of hydrogen-bond acceptors (Lipinski definition) is 1. The Morgan fingerprint density at radius 2 is 1.68 bits per heavy atom. The molecule has 0 heterocycles. The van der Waals surface area contributed by atoms with Gasteiger partial charge in [-0.15, -0.1) is 0 Å². The van der Waals surface area contributed by atoms with Crippen LogP contribution in [0.5, 0.6) is 0 Å². The van der Waals surface area contributed by atoms with Crippen LogP contribution < -0.4 is 0 Å². The lowest BCUT2D eigenvalue weighted by Gasteiger charge is -2.23. The Balaban J connectivity index is 1.32. The normalized spacial score (nSPS) is 33.5. The van der Waals surface area contributed by atoms with Gasteiger partial charge in [-0.05, 0) is 79.0 Å². The molecule has 2 saturated carbocycles. The van der Waals surface area contributed by atoms with Gasteiger partial charge in [-0.1, -0.05) is 48.0 Å². The van der Waals surface area contributed by atoms with E-state index in [9.17, 15) is 4.79 Å². The van der Waals surface area contributed by atoms with Crippen molar-refractivity contribution < 1.29 is 4.79 Å². The molecule has 2 aromatic carbocycles. The van der Waals surface area contributed by atoms with E-state index in [1.165, 1.54) is 30.4 Å². The Morgan fingerprint density at radius 1 is 0.880 bits per heavy atom. The standard InChI is InChI=1S/C23H23ClO/c24-17-9-5-14(6-10-17)16-8-11-19-21(13-16)22(19)20-12-7-15-3-1-2-4-18(15)23(20)25/h1-6,9-10,16,19-22H,7-8,11-13H2/t16?,19-,20?,21?,22?/m1/s1. The van der Waals surface area contributed by atoms with Gasteiger partial charge in [0.05, 0.1) is 0 Å². The lowest BCUT2D eigenvalue weighted by atomic mass is 9.79. The highest BCUT2D eigenvalue weighted by molar-refractivity contribution is 6.30. The van der Waals surface area contributed by atoms with E-state index in [-0.39, 0.29) is 5.92 Å². The molecule has 0 N–H and O–H groups in total. The van der Waals surface area contributed by atoms with E-state index in [4.69, 9.17) is 11.6 Å². The number of Topliss-reactive ketones (excluding diaryl/α,β-unsaturated/α-hetero) is 1. The molecular weight excluding hydrogens is 328 g/mol. The molecule has 5 atom stereocenters. The number of hydrogen-bond donors (Lipinski definition) is 0. The highest BCUT2D eigenvalue weighted by Crippen LogP contribution is 2.63. The predicted octanol–water partition coefficient (Wildman–Crippen LogP) is 5.92. The van der Waals surface area contributed by atoms with Crippen molar-refractivity contribution in [1.29, 1.82) is 0 Å². The van der Waals surface area contributed by atoms with E-state index in [1.54, 1.807) is 0 Å². The van der Waals surface area contributed by atoms with Crippen LogP contribution in [0.1, 0.15) is 53.1 Å². The highest BCUT2D eigenvalue weighted by atomic mass is 35.5. The van der Waals surface area contributed by atoms with Crippen LogP contribution in [0.25, 0.3) is 0 Å². The van der Waals surface area contributed by atoms with Crippen LogP contribution in [0, 0.1) is 23.7 Å². The summed E-state index contributed by atoms with van der Waals surface area (Å²) in [6.45, 7) is 0. The van der Waals surface area contributed by atoms with E-state index >= 15 is 0 Å². The third-order valence-corrected chi connectivity index (χ3v) is 7.21. The van der Waals surface area contributed by atoms with E-state index < -0.39 is 0 Å². The molecule has 2 aromatic rings. The van der Waals surface area contributed by atoms with E-state index in [0.717, 1.165) is 35.3 Å². The zero-order valence-electron chi connectivity index (χ0n) is 14.3. The zero-order valence-corrected chi connectivity index (χ0v) is 15.1. The fourth-order valence-corrected chi connectivity index (χ4v) is 5.80. The average Bonchev–Trinajstić information content (AvgIpc) is 3.36. The largest absolute Gasteiger partial charge is 0.294 e. The number of ketones is 1. The van der Waals surface area contributed by atoms with Crippen LogP contribution in [-0.2, 0) is 6.42 Å². The van der Waals surface area contributed by atoms with Crippen LogP contribution in [0.4, 0.5) is 0 Å². The summed E-state index contributed by atoms with van der Waals surface area (Å²) in [5.74, 6) is 3.53. The Hall–Kier alpha value is -1.60. The molecule has 0 spiro atoms. The minimum absolute atomic E-state index is 0.272. The fraction of sp³-hybridized carbons (Fsp3) is 0.435. The second-order valence-corrected chi connectivity index (χ2v) is 8.57. The zero-order chi connectivity index (χ0) is 17.0. The summed E-state index contributed by atoms with van der Waals surface area (Å²) < 4.78 is 0. The molecule has 2 fully saturated rings. The monoisotopic (exact) mass is 350 g/mol. The first-order valence-electron chi connectivity index (χ1n) is 9.60. The number of carbonyl (C=O) groups is 1. The summed E-state index contributed by atoms with van der Waals surface area (Å²) in [5.41, 5.74) is 3.68. The van der Waals surface area contributed by atoms with Crippen LogP contribution in [0.15, 0.2) is 48.5 Å². The quantitative estimate of drug-likeness (QED) is 0.657. The average molecular weight is 351 g/mol. The molecular formula is C23H23ClO. The molecule has 0 amide bonds. The maximum Gasteiger partial charge on any atom is 0.166 e. The van der Waals surface area contributed by atoms with Gasteiger partial charge in [0.25, 0.3) is 0 Å². The summed E-state index contributed by atoms with van der Waals surface area (Å²) in [6.07, 6.45) is 5.93. The second-order valence-electron chi connectivity index (χ2n) is 8.13. The van der Waals surface area contributed by atoms with Crippen molar-refractivity contribution in [2.75, 3.05) is 0 Å². The molecule has 0 aromatic heterocycles. The van der Waals surface area contributed by atoms with Crippen molar-refractivity contribution in [1.82, 2.24) is 0 Å². The Labute approximate surface area is 154 Å². The van der Waals surface area contributed by atoms with Crippen molar-refractivity contribution in [3.63, 3.8) is 0 Å². The van der Waals surface area contributed by atoms with Crippen molar-refractivity contribution >= 4 is 17.4 Å². The number of carbonyl (C=O) groups excluding carboxylic acids is 1. The van der Waals surface area contributed by atoms with Crippen molar-refractivity contribution in [2.45, 2.75) is 38.0 Å². The smallest absolute Gasteiger partial charge is 0.166 e. The molecule has 1 nitrogen and oxygen atoms in total. The van der Waals surface area contributed by atoms with Gasteiger partial charge in [0.2, 0.25) is 0 Å². The third kappa shape index (κ3) is 2.64. The number of fused-ring (bicyclic) bond motifs is 2. The van der Waals surface area contributed by atoms with Gasteiger partial charge in [0.1, 0.15) is 0 Å². The first-order valence-corrected chi connectivity index (χ1v) is 9.98. The second kappa shape index (κ2) is 5.99. The van der Waals surface area contributed by atoms with Crippen molar-refractivity contribution in [2.24, 2.45) is 23.7 Å². The lowest BCUT2D eigenvalue weighted by Crippen LogP contribution is -2.25. The summed E-state index contributed by atoms with van der Waals surface area (Å²) in [7, 11) is 0. The summed E-state index contributed by atoms with van der Waals surface area (Å²) in [4.78, 5) is 13.0. The number of benzene rings is 2. The van der Waals surface area contributed by atoms with Crippen LogP contribution >= 0.6 is 11.6 Å². The first-order chi connectivity index (χ1) is 12.2. The maximum atomic E-state index is 13.0. The molecule has 25 heavy (non-hydrogen) atoms. The van der Waals surface area contributed by atoms with Gasteiger partial charge in [0, 0.05) is 16.5 Å². The van der Waals surface area contributed by atoms with Crippen LogP contribution in [0.2, 0.25) is 5.02 Å². The number of halogens is 1. The summed E-state index contributed by atoms with van der Waals surface area (Å²) >= 11 is 6.03. The van der Waals surface area contributed by atoms with E-state index in [0.29, 0.717) is 17.6 Å². The Kier molecular flexibility index (Phi) is 3.74. The minimum Gasteiger partial charge on any atom is -0.294 e. The molecule has 3 aliphatic carbocycles. The molecule has 3 aliphatic rings. The lowest BCUT2D eigenvalue weighted by molar-refractivity contribution is 0.0876. The first kappa shape index (κ1) is 15.6. The molecule has 4 unspecified atom stereocenters. The number of aryl methyl sites for hydroxylation is 1. The SMILES string of the molecule is O=C1c2ccccc2CCC1C1C2CC(c3ccc(Cl)cc3)CC[C@H]21. The summed E-state index contributed by atoms with van der Waals surface area (Å²) in [5, 5.41) is 0.813. The fourth-order valence-electron chi connectivity index (χ4n) is 5.68. The molecule has 128 valence electrons. The minimum atomic E-state index is 0.272. The van der Waals surface area contributed by atoms with E-state index in [1.807, 2.05) is 24.3 Å². The van der Waals surface area contributed by atoms with Gasteiger partial charge in [-0.2, -0.15) is 0 Å². The highest BCUT2D eigenvalue weighted by Gasteiger charge is 2.57. The van der Waals surface area contributed by atoms with Crippen molar-refractivity contribution in [3.8, 4) is 0 Å². The topological polar surface area (TPSA) is 17.1 Å². The number of rotatable bonds is 2. The molecule has 0 aliphatic heterocycles. The van der Waals surface area contributed by atoms with E-state index in [2.05, 4.69) is 24.3 Å². The third-order valence-electron chi connectivity index (χ3n) is 6.95. The Morgan fingerprint density at radius 3 is 2.52 bits per heavy atom. The van der Waals surface area contributed by atoms with Gasteiger partial charge in [-0.25, -0.2) is 0 Å². The van der Waals surface area contributed by atoms with Crippen LogP contribution in [0.3, 0.4) is 0 Å². The van der Waals surface area contributed by atoms with Gasteiger partial charge >= 0.3 is 0 Å². The molecule has 0 saturated heterocycles. The van der Waals surface area contributed by atoms with Gasteiger partial charge in [0.15, 0.2) is 5.78 Å². The van der Waals surface area contributed by atoms with Crippen LogP contribution in [-0.4, -0.2) is 5.78 Å². The molecule has 5 rings (SSSR count). The molecule has 0 radical (unpaired) electrons. The molecule has 2 heteroatoms. The van der Waals surface area contributed by atoms with Gasteiger partial charge < -0.3 is 0 Å². The maximum absolute atomic E-state index is 13.0. The van der Waals surface area contributed by atoms with Gasteiger partial charge in [-0.3, -0.25) is 4.79 Å². The van der Waals surface area contributed by atoms with Crippen molar-refractivity contribution in [3.05, 3.63) is 70.2 Å². The summed E-state index contributed by atoms with van der Waals surface area (Å²) in [6, 6.07) is 16.6. The Bertz CT molecular complexity index is 809.